The molecule has 0 saturated heterocycles. The molecule has 0 unspecified atom stereocenters. The van der Waals surface area contributed by atoms with E-state index >= 15 is 0 Å². The van der Waals surface area contributed by atoms with Gasteiger partial charge in [-0.1, -0.05) is 30.0 Å². The monoisotopic (exact) mass is 488 g/mol. The highest BCUT2D eigenvalue weighted by Gasteiger charge is 2.28. The van der Waals surface area contributed by atoms with E-state index in [0.29, 0.717) is 17.5 Å². The fourth-order valence-corrected chi connectivity index (χ4v) is 5.43. The van der Waals surface area contributed by atoms with Crippen LogP contribution in [0.5, 0.6) is 5.75 Å². The molecule has 0 amide bonds. The van der Waals surface area contributed by atoms with Crippen molar-refractivity contribution in [1.82, 2.24) is 19.7 Å². The average Bonchev–Trinajstić information content (AvgIpc) is 3.48. The second-order valence-corrected chi connectivity index (χ2v) is 8.83. The van der Waals surface area contributed by atoms with Crippen LogP contribution in [-0.4, -0.2) is 26.9 Å². The minimum atomic E-state index is -1.56. The van der Waals surface area contributed by atoms with Crippen molar-refractivity contribution in [3.05, 3.63) is 64.4 Å². The molecule has 0 N–H and O–H groups in total. The van der Waals surface area contributed by atoms with Gasteiger partial charge < -0.3 is 9.30 Å². The number of benzene rings is 2. The van der Waals surface area contributed by atoms with Gasteiger partial charge in [0.05, 0.1) is 12.6 Å². The Bertz CT molecular complexity index is 1390. The number of fused-ring (bicyclic) bond motifs is 2. The summed E-state index contributed by atoms with van der Waals surface area (Å²) < 4.78 is 63.4. The van der Waals surface area contributed by atoms with E-state index in [2.05, 4.69) is 14.9 Å². The summed E-state index contributed by atoms with van der Waals surface area (Å²) in [5.74, 6) is -6.91. The lowest BCUT2D eigenvalue weighted by Crippen LogP contribution is -2.07. The number of ether oxygens (including phenoxy) is 1. The molecule has 1 aliphatic carbocycles. The van der Waals surface area contributed by atoms with Gasteiger partial charge in [-0.05, 0) is 37.8 Å². The number of methoxy groups -OCH3 is 1. The first-order valence-corrected chi connectivity index (χ1v) is 11.8. The summed E-state index contributed by atoms with van der Waals surface area (Å²) in [6, 6.07) is 7.82. The summed E-state index contributed by atoms with van der Waals surface area (Å²) in [7, 11) is 0.944. The maximum Gasteiger partial charge on any atom is 0.204 e. The number of hydrogen-bond acceptors (Lipinski definition) is 5. The Labute approximate surface area is 197 Å². The number of nitrogens with zero attached hydrogens (tertiary/aromatic N) is 4. The lowest BCUT2D eigenvalue weighted by Gasteiger charge is -2.14. The zero-order valence-electron chi connectivity index (χ0n) is 18.5. The predicted molar refractivity (Wildman–Crippen MR) is 121 cm³/mol. The van der Waals surface area contributed by atoms with Crippen LogP contribution in [0, 0.1) is 23.3 Å². The van der Waals surface area contributed by atoms with Gasteiger partial charge in [-0.25, -0.2) is 8.78 Å². The predicted octanol–water partition coefficient (Wildman–Crippen LogP) is 5.86. The number of para-hydroxylation sites is 1. The topological polar surface area (TPSA) is 52.8 Å². The summed E-state index contributed by atoms with van der Waals surface area (Å²) in [5.41, 5.74) is 3.28. The van der Waals surface area contributed by atoms with Gasteiger partial charge >= 0.3 is 0 Å². The van der Waals surface area contributed by atoms with Crippen LogP contribution < -0.4 is 4.74 Å². The smallest absolute Gasteiger partial charge is 0.204 e. The van der Waals surface area contributed by atoms with Crippen molar-refractivity contribution in [3.8, 4) is 17.1 Å². The van der Waals surface area contributed by atoms with Gasteiger partial charge in [-0.15, -0.1) is 10.2 Å². The molecule has 5 rings (SSSR count). The van der Waals surface area contributed by atoms with E-state index in [1.54, 1.807) is 0 Å². The molecule has 0 spiro atoms. The molecule has 0 fully saturated rings. The molecule has 2 aromatic carbocycles. The standard InChI is InChI=1S/C24H20F4N4OS/c1-3-32-23(17-12-7-4-5-9-15(12)29-16-10-6-8-13(16)17)30-31-24(32)34-11-14-18(25)20(27)22(33-2)21(28)19(14)26/h4-5,7,9H,3,6,8,10-11H2,1-2H3. The molecular weight excluding hydrogens is 468 g/mol. The second kappa shape index (κ2) is 8.90. The van der Waals surface area contributed by atoms with Crippen molar-refractivity contribution in [2.75, 3.05) is 7.11 Å². The molecule has 176 valence electrons. The minimum absolute atomic E-state index is 0.372. The third-order valence-electron chi connectivity index (χ3n) is 6.04. The van der Waals surface area contributed by atoms with Crippen molar-refractivity contribution in [3.63, 3.8) is 0 Å². The van der Waals surface area contributed by atoms with Gasteiger partial charge in [0.15, 0.2) is 28.4 Å². The van der Waals surface area contributed by atoms with Gasteiger partial charge in [-0.3, -0.25) is 4.98 Å². The van der Waals surface area contributed by atoms with Gasteiger partial charge in [0.25, 0.3) is 0 Å². The Morgan fingerprint density at radius 1 is 1.00 bits per heavy atom. The number of aromatic nitrogens is 4. The lowest BCUT2D eigenvalue weighted by molar-refractivity contribution is 0.330. The molecule has 0 bridgehead atoms. The molecule has 1 aliphatic rings. The summed E-state index contributed by atoms with van der Waals surface area (Å²) in [4.78, 5) is 4.80. The van der Waals surface area contributed by atoms with Crippen molar-refractivity contribution in [2.45, 2.75) is 43.6 Å². The number of rotatable bonds is 6. The fourth-order valence-electron chi connectivity index (χ4n) is 4.43. The first-order valence-electron chi connectivity index (χ1n) is 10.8. The summed E-state index contributed by atoms with van der Waals surface area (Å²) in [6.07, 6.45) is 2.77. The van der Waals surface area contributed by atoms with E-state index in [9.17, 15) is 17.6 Å². The first-order chi connectivity index (χ1) is 16.5. The van der Waals surface area contributed by atoms with Crippen LogP contribution >= 0.6 is 11.8 Å². The van der Waals surface area contributed by atoms with E-state index in [4.69, 9.17) is 4.98 Å². The summed E-state index contributed by atoms with van der Waals surface area (Å²) in [5, 5.41) is 10.0. The summed E-state index contributed by atoms with van der Waals surface area (Å²) >= 11 is 0.958. The van der Waals surface area contributed by atoms with E-state index in [1.165, 1.54) is 0 Å². The van der Waals surface area contributed by atoms with E-state index in [0.717, 1.165) is 65.9 Å². The maximum atomic E-state index is 14.4. The van der Waals surface area contributed by atoms with Crippen molar-refractivity contribution in [2.24, 2.45) is 0 Å². The van der Waals surface area contributed by atoms with Gasteiger partial charge in [0, 0.05) is 34.5 Å². The van der Waals surface area contributed by atoms with Crippen LogP contribution in [-0.2, 0) is 25.1 Å². The molecule has 0 radical (unpaired) electrons. The summed E-state index contributed by atoms with van der Waals surface area (Å²) in [6.45, 7) is 2.40. The lowest BCUT2D eigenvalue weighted by atomic mass is 10.0. The number of aryl methyl sites for hydroxylation is 1. The molecule has 0 atom stereocenters. The van der Waals surface area contributed by atoms with Crippen LogP contribution in [0.2, 0.25) is 0 Å². The van der Waals surface area contributed by atoms with Crippen molar-refractivity contribution >= 4 is 22.7 Å². The number of pyridine rings is 1. The molecule has 5 nitrogen and oxygen atoms in total. The van der Waals surface area contributed by atoms with E-state index in [-0.39, 0.29) is 5.75 Å². The van der Waals surface area contributed by atoms with E-state index < -0.39 is 34.6 Å². The number of hydrogen-bond donors (Lipinski definition) is 0. The molecule has 10 heteroatoms. The highest BCUT2D eigenvalue weighted by atomic mass is 32.2. The maximum absolute atomic E-state index is 14.4. The SMILES string of the molecule is CCn1c(SCc2c(F)c(F)c(OC)c(F)c2F)nnc1-c1c2c(nc3ccccc13)CCC2. The van der Waals surface area contributed by atoms with E-state index in [1.807, 2.05) is 35.8 Å². The molecule has 0 saturated carbocycles. The zero-order valence-corrected chi connectivity index (χ0v) is 19.3. The zero-order chi connectivity index (χ0) is 24.0. The Kier molecular flexibility index (Phi) is 5.93. The van der Waals surface area contributed by atoms with Crippen LogP contribution in [0.4, 0.5) is 17.6 Å². The molecule has 2 aromatic heterocycles. The third kappa shape index (κ3) is 3.51. The van der Waals surface area contributed by atoms with Crippen LogP contribution in [0.15, 0.2) is 29.4 Å². The van der Waals surface area contributed by atoms with Crippen molar-refractivity contribution < 1.29 is 22.3 Å². The third-order valence-corrected chi connectivity index (χ3v) is 7.03. The Morgan fingerprint density at radius 2 is 1.74 bits per heavy atom. The minimum Gasteiger partial charge on any atom is -0.491 e. The highest BCUT2D eigenvalue weighted by Crippen LogP contribution is 2.38. The quantitative estimate of drug-likeness (QED) is 0.193. The Balaban J connectivity index is 1.56. The normalized spacial score (nSPS) is 13.0. The molecule has 4 aromatic rings. The fraction of sp³-hybridized carbons (Fsp3) is 0.292. The van der Waals surface area contributed by atoms with Crippen LogP contribution in [0.1, 0.15) is 30.2 Å². The second-order valence-electron chi connectivity index (χ2n) is 7.89. The average molecular weight is 489 g/mol. The van der Waals surface area contributed by atoms with Crippen molar-refractivity contribution in [1.29, 1.82) is 0 Å². The van der Waals surface area contributed by atoms with Gasteiger partial charge in [0.1, 0.15) is 0 Å². The van der Waals surface area contributed by atoms with Crippen LogP contribution in [0.3, 0.4) is 0 Å². The molecule has 34 heavy (non-hydrogen) atoms. The van der Waals surface area contributed by atoms with Crippen LogP contribution in [0.25, 0.3) is 22.3 Å². The largest absolute Gasteiger partial charge is 0.491 e. The molecule has 2 heterocycles. The molecular formula is C24H20F4N4OS. The molecule has 0 aliphatic heterocycles. The van der Waals surface area contributed by atoms with Gasteiger partial charge in [-0.2, -0.15) is 8.78 Å². The van der Waals surface area contributed by atoms with Gasteiger partial charge in [0.2, 0.25) is 11.6 Å². The Hall–Kier alpha value is -3.14. The highest BCUT2D eigenvalue weighted by molar-refractivity contribution is 7.98. The Morgan fingerprint density at radius 3 is 2.44 bits per heavy atom. The number of halogens is 4. The number of thioether (sulfide) groups is 1. The first kappa shape index (κ1) is 22.6.